The van der Waals surface area contributed by atoms with Gasteiger partial charge in [0, 0.05) is 18.7 Å². The third kappa shape index (κ3) is 3.48. The summed E-state index contributed by atoms with van der Waals surface area (Å²) >= 11 is 0. The third-order valence-corrected chi connectivity index (χ3v) is 4.78. The molecule has 2 rings (SSSR count). The molecule has 124 valence electrons. The molecule has 1 aliphatic heterocycles. The highest BCUT2D eigenvalue weighted by molar-refractivity contribution is 5.86. The van der Waals surface area contributed by atoms with Gasteiger partial charge in [0.2, 0.25) is 5.91 Å². The second-order valence-electron chi connectivity index (χ2n) is 6.77. The first-order chi connectivity index (χ1) is 10.8. The van der Waals surface area contributed by atoms with E-state index >= 15 is 0 Å². The van der Waals surface area contributed by atoms with Gasteiger partial charge in [-0.15, -0.1) is 0 Å². The van der Waals surface area contributed by atoms with Gasteiger partial charge in [-0.3, -0.25) is 4.79 Å². The molecule has 5 heteroatoms. The van der Waals surface area contributed by atoms with Crippen LogP contribution >= 0.6 is 0 Å². The summed E-state index contributed by atoms with van der Waals surface area (Å²) in [4.78, 5) is 14.6. The van der Waals surface area contributed by atoms with Gasteiger partial charge in [0.25, 0.3) is 0 Å². The number of amides is 1. The first-order valence-electron chi connectivity index (χ1n) is 8.04. The standard InChI is InChI=1S/C18H25N3O2/c1-12(2)18(4,11-19)20-17(23)13(3)21-10-15(22)9-14-7-5-6-8-16(14)21/h5-8,12-13,15,22H,9-10H2,1-4H3,(H,20,23). The van der Waals surface area contributed by atoms with Crippen LogP contribution in [0.25, 0.3) is 0 Å². The Bertz CT molecular complexity index is 623. The number of nitrogens with one attached hydrogen (secondary N) is 1. The summed E-state index contributed by atoms with van der Waals surface area (Å²) in [6.07, 6.45) is 0.107. The predicted molar refractivity (Wildman–Crippen MR) is 90.0 cm³/mol. The van der Waals surface area contributed by atoms with Crippen molar-refractivity contribution in [3.63, 3.8) is 0 Å². The van der Waals surface area contributed by atoms with Crippen molar-refractivity contribution in [1.82, 2.24) is 5.32 Å². The van der Waals surface area contributed by atoms with E-state index in [4.69, 9.17) is 0 Å². The van der Waals surface area contributed by atoms with E-state index in [9.17, 15) is 15.2 Å². The summed E-state index contributed by atoms with van der Waals surface area (Å²) in [6, 6.07) is 9.55. The molecule has 3 atom stereocenters. The molecular weight excluding hydrogens is 290 g/mol. The minimum Gasteiger partial charge on any atom is -0.391 e. The summed E-state index contributed by atoms with van der Waals surface area (Å²) in [5.74, 6) is -0.200. The molecule has 2 N–H and O–H groups in total. The number of fused-ring (bicyclic) bond motifs is 1. The average molecular weight is 315 g/mol. The van der Waals surface area contributed by atoms with Gasteiger partial charge in [-0.1, -0.05) is 32.0 Å². The van der Waals surface area contributed by atoms with Gasteiger partial charge in [-0.05, 0) is 31.4 Å². The Morgan fingerprint density at radius 1 is 1.43 bits per heavy atom. The molecule has 23 heavy (non-hydrogen) atoms. The van der Waals surface area contributed by atoms with Crippen molar-refractivity contribution in [3.8, 4) is 6.07 Å². The van der Waals surface area contributed by atoms with Crippen molar-refractivity contribution in [1.29, 1.82) is 5.26 Å². The van der Waals surface area contributed by atoms with Crippen LogP contribution in [0.15, 0.2) is 24.3 Å². The average Bonchev–Trinajstić information content (AvgIpc) is 2.52. The Labute approximate surface area is 137 Å². The van der Waals surface area contributed by atoms with Gasteiger partial charge in [0.15, 0.2) is 0 Å². The topological polar surface area (TPSA) is 76.4 Å². The van der Waals surface area contributed by atoms with Crippen molar-refractivity contribution < 1.29 is 9.90 Å². The molecule has 0 spiro atoms. The number of hydrogen-bond donors (Lipinski definition) is 2. The summed E-state index contributed by atoms with van der Waals surface area (Å²) in [5, 5.41) is 22.3. The zero-order valence-corrected chi connectivity index (χ0v) is 14.2. The molecule has 0 fully saturated rings. The normalized spacial score (nSPS) is 21.1. The Kier molecular flexibility index (Phi) is 4.96. The number of β-amino-alcohol motifs (C(OH)–C–C–N with tert-alkyl or cyclic N) is 1. The number of aliphatic hydroxyl groups is 1. The van der Waals surface area contributed by atoms with Gasteiger partial charge < -0.3 is 15.3 Å². The molecule has 0 bridgehead atoms. The van der Waals surface area contributed by atoms with Crippen LogP contribution in [-0.4, -0.2) is 35.2 Å². The molecule has 1 heterocycles. The number of anilines is 1. The molecule has 1 aliphatic rings. The number of para-hydroxylation sites is 1. The lowest BCUT2D eigenvalue weighted by Gasteiger charge is -2.39. The van der Waals surface area contributed by atoms with Crippen LogP contribution in [-0.2, 0) is 11.2 Å². The Balaban J connectivity index is 2.22. The largest absolute Gasteiger partial charge is 0.391 e. The maximum Gasteiger partial charge on any atom is 0.243 e. The van der Waals surface area contributed by atoms with E-state index < -0.39 is 17.7 Å². The lowest BCUT2D eigenvalue weighted by Crippen LogP contribution is -2.57. The highest BCUT2D eigenvalue weighted by Gasteiger charge is 2.35. The molecule has 0 aliphatic carbocycles. The molecule has 0 saturated heterocycles. The Morgan fingerprint density at radius 3 is 2.70 bits per heavy atom. The maximum atomic E-state index is 12.7. The number of nitrogens with zero attached hydrogens (tertiary/aromatic N) is 2. The first-order valence-corrected chi connectivity index (χ1v) is 8.04. The number of benzene rings is 1. The monoisotopic (exact) mass is 315 g/mol. The molecule has 0 radical (unpaired) electrons. The van der Waals surface area contributed by atoms with Crippen molar-refractivity contribution in [2.24, 2.45) is 5.92 Å². The van der Waals surface area contributed by atoms with Gasteiger partial charge in [-0.25, -0.2) is 0 Å². The molecular formula is C18H25N3O2. The number of hydrogen-bond acceptors (Lipinski definition) is 4. The molecule has 0 aromatic heterocycles. The minimum absolute atomic E-state index is 0.00267. The third-order valence-electron chi connectivity index (χ3n) is 4.78. The summed E-state index contributed by atoms with van der Waals surface area (Å²) in [7, 11) is 0. The highest BCUT2D eigenvalue weighted by atomic mass is 16.3. The molecule has 1 amide bonds. The van der Waals surface area contributed by atoms with Gasteiger partial charge in [-0.2, -0.15) is 5.26 Å². The van der Waals surface area contributed by atoms with Crippen LogP contribution in [0.1, 0.15) is 33.3 Å². The summed E-state index contributed by atoms with van der Waals surface area (Å²) in [5.41, 5.74) is 1.11. The molecule has 5 nitrogen and oxygen atoms in total. The summed E-state index contributed by atoms with van der Waals surface area (Å²) in [6.45, 7) is 7.78. The van der Waals surface area contributed by atoms with Gasteiger partial charge in [0.05, 0.1) is 12.2 Å². The van der Waals surface area contributed by atoms with E-state index in [0.29, 0.717) is 13.0 Å². The number of aliphatic hydroxyl groups excluding tert-OH is 1. The Hall–Kier alpha value is -2.06. The van der Waals surface area contributed by atoms with E-state index in [-0.39, 0.29) is 11.8 Å². The van der Waals surface area contributed by atoms with E-state index in [2.05, 4.69) is 11.4 Å². The minimum atomic E-state index is -0.904. The number of nitriles is 1. The van der Waals surface area contributed by atoms with Crippen LogP contribution in [0.4, 0.5) is 5.69 Å². The first kappa shape index (κ1) is 17.3. The van der Waals surface area contributed by atoms with E-state index in [1.807, 2.05) is 49.9 Å². The summed E-state index contributed by atoms with van der Waals surface area (Å²) < 4.78 is 0. The SMILES string of the molecule is CC(C(=O)NC(C)(C#N)C(C)C)N1CC(O)Cc2ccccc21. The second kappa shape index (κ2) is 6.59. The second-order valence-corrected chi connectivity index (χ2v) is 6.77. The zero-order valence-electron chi connectivity index (χ0n) is 14.2. The van der Waals surface area contributed by atoms with Crippen molar-refractivity contribution in [3.05, 3.63) is 29.8 Å². The molecule has 3 unspecified atom stereocenters. The fraction of sp³-hybridized carbons (Fsp3) is 0.556. The lowest BCUT2D eigenvalue weighted by molar-refractivity contribution is -0.123. The van der Waals surface area contributed by atoms with Crippen molar-refractivity contribution in [2.75, 3.05) is 11.4 Å². The Morgan fingerprint density at radius 2 is 2.09 bits per heavy atom. The number of carbonyl (C=O) groups excluding carboxylic acids is 1. The zero-order chi connectivity index (χ0) is 17.2. The van der Waals surface area contributed by atoms with Crippen LogP contribution < -0.4 is 10.2 Å². The van der Waals surface area contributed by atoms with Crippen LogP contribution in [0.2, 0.25) is 0 Å². The molecule has 0 saturated carbocycles. The number of rotatable bonds is 4. The van der Waals surface area contributed by atoms with Crippen LogP contribution in [0, 0.1) is 17.2 Å². The predicted octanol–water partition coefficient (Wildman–Crippen LogP) is 1.85. The van der Waals surface area contributed by atoms with Crippen LogP contribution in [0.3, 0.4) is 0 Å². The van der Waals surface area contributed by atoms with Crippen molar-refractivity contribution >= 4 is 11.6 Å². The van der Waals surface area contributed by atoms with Crippen LogP contribution in [0.5, 0.6) is 0 Å². The highest BCUT2D eigenvalue weighted by Crippen LogP contribution is 2.29. The van der Waals surface area contributed by atoms with Gasteiger partial charge in [0.1, 0.15) is 11.6 Å². The van der Waals surface area contributed by atoms with E-state index in [1.54, 1.807) is 6.92 Å². The lowest BCUT2D eigenvalue weighted by atomic mass is 9.89. The smallest absolute Gasteiger partial charge is 0.243 e. The van der Waals surface area contributed by atoms with E-state index in [1.165, 1.54) is 0 Å². The van der Waals surface area contributed by atoms with Crippen molar-refractivity contribution in [2.45, 2.75) is 51.8 Å². The molecule has 1 aromatic carbocycles. The quantitative estimate of drug-likeness (QED) is 0.889. The molecule has 1 aromatic rings. The van der Waals surface area contributed by atoms with E-state index in [0.717, 1.165) is 11.3 Å². The maximum absolute atomic E-state index is 12.7. The fourth-order valence-electron chi connectivity index (χ4n) is 2.78. The van der Waals surface area contributed by atoms with Gasteiger partial charge >= 0.3 is 0 Å². The fourth-order valence-corrected chi connectivity index (χ4v) is 2.78. The number of carbonyl (C=O) groups is 1.